The molecule has 0 radical (unpaired) electrons. The molecule has 1 aliphatic heterocycles. The first-order valence-electron chi connectivity index (χ1n) is 14.3. The Kier molecular flexibility index (Phi) is 10.6. The van der Waals surface area contributed by atoms with E-state index in [2.05, 4.69) is 33.5 Å². The fourth-order valence-corrected chi connectivity index (χ4v) is 6.36. The quantitative estimate of drug-likeness (QED) is 0.142. The number of rotatable bonds is 12. The van der Waals surface area contributed by atoms with Gasteiger partial charge in [-0.3, -0.25) is 4.79 Å². The summed E-state index contributed by atoms with van der Waals surface area (Å²) in [7, 11) is 1.51. The minimum atomic E-state index is -0.691. The Morgan fingerprint density at radius 3 is 2.69 bits per heavy atom. The lowest BCUT2D eigenvalue weighted by atomic mass is 9.94. The van der Waals surface area contributed by atoms with Gasteiger partial charge in [-0.05, 0) is 78.2 Å². The number of nitrogens with zero attached hydrogens (tertiary/aromatic N) is 3. The van der Waals surface area contributed by atoms with Crippen LogP contribution in [0.25, 0.3) is 0 Å². The van der Waals surface area contributed by atoms with Crippen LogP contribution in [0, 0.1) is 5.82 Å². The van der Waals surface area contributed by atoms with Crippen LogP contribution in [-0.4, -0.2) is 40.1 Å². The van der Waals surface area contributed by atoms with Crippen LogP contribution < -0.4 is 24.8 Å². The third-order valence-corrected chi connectivity index (χ3v) is 8.92. The molecule has 1 unspecified atom stereocenters. The number of amides is 1. The lowest BCUT2D eigenvalue weighted by Crippen LogP contribution is -2.31. The van der Waals surface area contributed by atoms with E-state index in [4.69, 9.17) is 35.9 Å². The van der Waals surface area contributed by atoms with Gasteiger partial charge in [-0.2, -0.15) is 4.98 Å². The number of anilines is 2. The number of thioether (sulfide) groups is 1. The van der Waals surface area contributed by atoms with Gasteiger partial charge >= 0.3 is 0 Å². The highest BCUT2D eigenvalue weighted by Gasteiger charge is 2.36. The highest BCUT2D eigenvalue weighted by molar-refractivity contribution is 9.10. The van der Waals surface area contributed by atoms with Gasteiger partial charge in [0.1, 0.15) is 24.2 Å². The summed E-state index contributed by atoms with van der Waals surface area (Å²) in [5.41, 5.74) is 2.48. The van der Waals surface area contributed by atoms with Crippen LogP contribution >= 0.6 is 39.3 Å². The van der Waals surface area contributed by atoms with Gasteiger partial charge in [-0.15, -0.1) is 5.10 Å². The summed E-state index contributed by atoms with van der Waals surface area (Å²) >= 11 is 11.4. The second-order valence-corrected chi connectivity index (χ2v) is 12.3. The van der Waals surface area contributed by atoms with Crippen LogP contribution in [-0.2, 0) is 11.4 Å². The largest absolute Gasteiger partial charge is 0.493 e. The maximum Gasteiger partial charge on any atom is 0.255 e. The van der Waals surface area contributed by atoms with E-state index in [-0.39, 0.29) is 23.1 Å². The number of halogens is 3. The Labute approximate surface area is 278 Å². The van der Waals surface area contributed by atoms with Crippen molar-refractivity contribution in [3.63, 3.8) is 0 Å². The van der Waals surface area contributed by atoms with Crippen molar-refractivity contribution in [3.8, 4) is 17.2 Å². The van der Waals surface area contributed by atoms with E-state index in [1.807, 2.05) is 32.0 Å². The van der Waals surface area contributed by atoms with Crippen molar-refractivity contribution in [2.24, 2.45) is 0 Å². The molecule has 13 heteroatoms. The summed E-state index contributed by atoms with van der Waals surface area (Å²) in [4.78, 5) is 18.8. The number of allylic oxidation sites excluding steroid dienone is 1. The van der Waals surface area contributed by atoms with Crippen LogP contribution in [0.5, 0.6) is 17.2 Å². The molecule has 2 heterocycles. The first kappa shape index (κ1) is 32.6. The van der Waals surface area contributed by atoms with Gasteiger partial charge < -0.3 is 24.8 Å². The normalized spacial score (nSPS) is 14.1. The lowest BCUT2D eigenvalue weighted by molar-refractivity contribution is -0.113. The topological polar surface area (TPSA) is 99.5 Å². The van der Waals surface area contributed by atoms with Crippen molar-refractivity contribution < 1.29 is 23.4 Å². The highest BCUT2D eigenvalue weighted by Crippen LogP contribution is 2.44. The van der Waals surface area contributed by atoms with Crippen LogP contribution in [0.1, 0.15) is 44.4 Å². The number of carbonyl (C=O) groups excluding carboxylic acids is 1. The van der Waals surface area contributed by atoms with Crippen molar-refractivity contribution in [2.45, 2.75) is 45.0 Å². The number of methoxy groups -OCH3 is 1. The van der Waals surface area contributed by atoms with Crippen molar-refractivity contribution in [2.75, 3.05) is 30.1 Å². The Bertz CT molecular complexity index is 1730. The van der Waals surface area contributed by atoms with Crippen molar-refractivity contribution in [3.05, 3.63) is 92.3 Å². The van der Waals surface area contributed by atoms with Gasteiger partial charge in [-0.1, -0.05) is 48.5 Å². The Morgan fingerprint density at radius 2 is 1.96 bits per heavy atom. The molecule has 0 saturated heterocycles. The summed E-state index contributed by atoms with van der Waals surface area (Å²) in [5, 5.41) is 11.9. The predicted molar refractivity (Wildman–Crippen MR) is 178 cm³/mol. The number of ether oxygens (including phenoxy) is 3. The molecule has 2 N–H and O–H groups in total. The fourth-order valence-electron chi connectivity index (χ4n) is 4.88. The van der Waals surface area contributed by atoms with Crippen molar-refractivity contribution >= 4 is 56.8 Å². The molecule has 0 saturated carbocycles. The Hall–Kier alpha value is -3.74. The van der Waals surface area contributed by atoms with Crippen LogP contribution in [0.3, 0.4) is 0 Å². The molecule has 3 aromatic carbocycles. The van der Waals surface area contributed by atoms with Crippen molar-refractivity contribution in [1.82, 2.24) is 14.8 Å². The fraction of sp³-hybridized carbons (Fsp3) is 0.281. The van der Waals surface area contributed by atoms with Gasteiger partial charge in [0.2, 0.25) is 11.1 Å². The summed E-state index contributed by atoms with van der Waals surface area (Å²) in [6.07, 6.45) is 0.958. The second-order valence-electron chi connectivity index (χ2n) is 9.98. The molecule has 1 atom stereocenters. The number of carbonyl (C=O) groups is 1. The van der Waals surface area contributed by atoms with Gasteiger partial charge in [0.05, 0.1) is 34.5 Å². The summed E-state index contributed by atoms with van der Waals surface area (Å²) in [6.45, 7) is 6.13. The van der Waals surface area contributed by atoms with E-state index in [9.17, 15) is 9.18 Å². The van der Waals surface area contributed by atoms with Gasteiger partial charge in [-0.25, -0.2) is 9.07 Å². The van der Waals surface area contributed by atoms with E-state index in [0.29, 0.717) is 62.0 Å². The molecule has 1 aliphatic rings. The number of fused-ring (bicyclic) bond motifs is 1. The van der Waals surface area contributed by atoms with E-state index in [0.717, 1.165) is 12.2 Å². The molecule has 5 rings (SSSR count). The Balaban J connectivity index is 1.56. The number of benzene rings is 3. The molecule has 236 valence electrons. The first-order chi connectivity index (χ1) is 21.7. The second kappa shape index (κ2) is 14.6. The van der Waals surface area contributed by atoms with Crippen LogP contribution in [0.4, 0.5) is 16.0 Å². The minimum Gasteiger partial charge on any atom is -0.493 e. The predicted octanol–water partition coefficient (Wildman–Crippen LogP) is 8.25. The van der Waals surface area contributed by atoms with Gasteiger partial charge in [0, 0.05) is 17.0 Å². The van der Waals surface area contributed by atoms with Crippen LogP contribution in [0.15, 0.2) is 75.5 Å². The maximum atomic E-state index is 14.5. The average Bonchev–Trinajstić information content (AvgIpc) is 3.42. The van der Waals surface area contributed by atoms with E-state index < -0.39 is 11.9 Å². The number of nitrogens with one attached hydrogen (secondary N) is 2. The summed E-state index contributed by atoms with van der Waals surface area (Å²) in [5.74, 6) is 1.82. The van der Waals surface area contributed by atoms with Gasteiger partial charge in [0.15, 0.2) is 11.5 Å². The standard InChI is InChI=1S/C32H32BrClFN5O4S/c1-5-14-45-32-38-31-36-18(3)27(30(41)37-24-12-7-8-13-25(24)43-6-2)28(40(31)39-32)19-15-21(33)29(26(16-19)42-4)44-17-20-22(34)10-9-11-23(20)35/h7-13,15-16,28H,5-6,14,17H2,1-4H3,(H,37,41)(H,36,38,39). The zero-order valence-electron chi connectivity index (χ0n) is 25.1. The molecule has 0 bridgehead atoms. The minimum absolute atomic E-state index is 0.121. The highest BCUT2D eigenvalue weighted by atomic mass is 79.9. The van der Waals surface area contributed by atoms with E-state index >= 15 is 0 Å². The molecule has 1 amide bonds. The van der Waals surface area contributed by atoms with E-state index in [1.54, 1.807) is 28.9 Å². The molecule has 9 nitrogen and oxygen atoms in total. The zero-order valence-corrected chi connectivity index (χ0v) is 28.3. The zero-order chi connectivity index (χ0) is 32.1. The molecule has 0 spiro atoms. The molecule has 4 aromatic rings. The molecular formula is C32H32BrClFN5O4S. The van der Waals surface area contributed by atoms with Crippen LogP contribution in [0.2, 0.25) is 5.02 Å². The SMILES string of the molecule is CCCSc1nc2n(n1)C(c1cc(Br)c(OCc3c(F)cccc3Cl)c(OC)c1)C(C(=O)Nc1ccccc1OCC)=C(C)N2. The maximum absolute atomic E-state index is 14.5. The third kappa shape index (κ3) is 7.08. The van der Waals surface area contributed by atoms with E-state index in [1.165, 1.54) is 31.0 Å². The molecule has 1 aromatic heterocycles. The molecule has 45 heavy (non-hydrogen) atoms. The first-order valence-corrected chi connectivity index (χ1v) is 16.4. The Morgan fingerprint density at radius 1 is 1.16 bits per heavy atom. The molecule has 0 aliphatic carbocycles. The number of hydrogen-bond donors (Lipinski definition) is 2. The number of hydrogen-bond acceptors (Lipinski definition) is 8. The van der Waals surface area contributed by atoms with Gasteiger partial charge in [0.25, 0.3) is 5.91 Å². The monoisotopic (exact) mass is 715 g/mol. The molecular weight excluding hydrogens is 685 g/mol. The summed E-state index contributed by atoms with van der Waals surface area (Å²) < 4.78 is 34.2. The lowest BCUT2D eigenvalue weighted by Gasteiger charge is -2.29. The number of para-hydroxylation sites is 2. The number of aromatic nitrogens is 3. The smallest absolute Gasteiger partial charge is 0.255 e. The van der Waals surface area contributed by atoms with Crippen molar-refractivity contribution in [1.29, 1.82) is 0 Å². The third-order valence-electron chi connectivity index (χ3n) is 6.94. The average molecular weight is 717 g/mol. The summed E-state index contributed by atoms with van der Waals surface area (Å²) in [6, 6.07) is 14.7. The molecule has 0 fully saturated rings.